The van der Waals surface area contributed by atoms with Crippen molar-refractivity contribution in [3.8, 4) is 0 Å². The number of fused-ring (bicyclic) bond motifs is 1. The second-order valence-corrected chi connectivity index (χ2v) is 4.93. The SMILES string of the molecule is COC1CO[C@@H]2C(SC(C)=O)CO[C@H]12. The molecule has 0 N–H and O–H groups in total. The predicted octanol–water partition coefficient (Wildman–Crippen LogP) is 0.447. The largest absolute Gasteiger partial charge is 0.376 e. The van der Waals surface area contributed by atoms with Crippen molar-refractivity contribution in [3.63, 3.8) is 0 Å². The van der Waals surface area contributed by atoms with Gasteiger partial charge in [0.1, 0.15) is 18.3 Å². The summed E-state index contributed by atoms with van der Waals surface area (Å²) in [5.41, 5.74) is 0. The van der Waals surface area contributed by atoms with Crippen LogP contribution in [0.2, 0.25) is 0 Å². The van der Waals surface area contributed by atoms with Gasteiger partial charge < -0.3 is 14.2 Å². The third kappa shape index (κ3) is 1.82. The number of hydrogen-bond donors (Lipinski definition) is 0. The lowest BCUT2D eigenvalue weighted by molar-refractivity contribution is -0.109. The lowest BCUT2D eigenvalue weighted by atomic mass is 10.1. The number of methoxy groups -OCH3 is 1. The van der Waals surface area contributed by atoms with E-state index < -0.39 is 0 Å². The van der Waals surface area contributed by atoms with Gasteiger partial charge in [-0.25, -0.2) is 0 Å². The van der Waals surface area contributed by atoms with Gasteiger partial charge >= 0.3 is 0 Å². The molecule has 80 valence electrons. The fraction of sp³-hybridized carbons (Fsp3) is 0.889. The molecule has 2 fully saturated rings. The standard InChI is InChI=1S/C9H14O4S/c1-5(10)14-7-4-13-8-6(11-2)3-12-9(7)8/h6-9H,3-4H2,1-2H3/t6?,7?,8-,9-/m1/s1. The first-order valence-electron chi connectivity index (χ1n) is 4.65. The summed E-state index contributed by atoms with van der Waals surface area (Å²) in [5, 5.41) is 0.251. The Morgan fingerprint density at radius 2 is 2.07 bits per heavy atom. The minimum Gasteiger partial charge on any atom is -0.376 e. The van der Waals surface area contributed by atoms with E-state index in [1.807, 2.05) is 0 Å². The molecule has 5 heteroatoms. The molecule has 0 amide bonds. The van der Waals surface area contributed by atoms with Crippen molar-refractivity contribution in [2.45, 2.75) is 30.5 Å². The normalized spacial score (nSPS) is 41.3. The van der Waals surface area contributed by atoms with E-state index in [0.717, 1.165) is 0 Å². The van der Waals surface area contributed by atoms with E-state index in [1.54, 1.807) is 14.0 Å². The van der Waals surface area contributed by atoms with Crippen LogP contribution >= 0.6 is 11.8 Å². The zero-order valence-electron chi connectivity index (χ0n) is 8.26. The third-order valence-electron chi connectivity index (χ3n) is 2.58. The summed E-state index contributed by atoms with van der Waals surface area (Å²) in [5.74, 6) is 0. The van der Waals surface area contributed by atoms with E-state index in [-0.39, 0.29) is 28.7 Å². The average Bonchev–Trinajstić information content (AvgIpc) is 2.67. The van der Waals surface area contributed by atoms with Gasteiger partial charge in [-0.15, -0.1) is 0 Å². The second-order valence-electron chi connectivity index (χ2n) is 3.52. The Morgan fingerprint density at radius 3 is 2.71 bits per heavy atom. The van der Waals surface area contributed by atoms with Gasteiger partial charge in [0.2, 0.25) is 0 Å². The molecule has 0 aromatic heterocycles. The molecule has 2 aliphatic heterocycles. The van der Waals surface area contributed by atoms with Gasteiger partial charge in [0, 0.05) is 14.0 Å². The van der Waals surface area contributed by atoms with Crippen LogP contribution in [0.4, 0.5) is 0 Å². The Kier molecular flexibility index (Phi) is 3.11. The first-order chi connectivity index (χ1) is 6.72. The molecule has 0 aliphatic carbocycles. The molecule has 2 saturated heterocycles. The van der Waals surface area contributed by atoms with Crippen LogP contribution in [0.3, 0.4) is 0 Å². The van der Waals surface area contributed by atoms with Crippen molar-refractivity contribution >= 4 is 16.9 Å². The van der Waals surface area contributed by atoms with Gasteiger partial charge in [0.25, 0.3) is 0 Å². The molecule has 4 atom stereocenters. The quantitative estimate of drug-likeness (QED) is 0.673. The van der Waals surface area contributed by atoms with Crippen LogP contribution < -0.4 is 0 Å². The summed E-state index contributed by atoms with van der Waals surface area (Å²) in [7, 11) is 1.66. The smallest absolute Gasteiger partial charge is 0.186 e. The van der Waals surface area contributed by atoms with Gasteiger partial charge in [-0.2, -0.15) is 0 Å². The number of thioether (sulfide) groups is 1. The van der Waals surface area contributed by atoms with Gasteiger partial charge in [-0.3, -0.25) is 4.79 Å². The Bertz CT molecular complexity index is 233. The van der Waals surface area contributed by atoms with Gasteiger partial charge in [0.05, 0.1) is 18.5 Å². The van der Waals surface area contributed by atoms with Crippen molar-refractivity contribution < 1.29 is 19.0 Å². The fourth-order valence-electron chi connectivity index (χ4n) is 1.95. The summed E-state index contributed by atoms with van der Waals surface area (Å²) in [6.07, 6.45) is 0.0586. The fourth-order valence-corrected chi connectivity index (χ4v) is 2.89. The highest BCUT2D eigenvalue weighted by Crippen LogP contribution is 2.34. The highest BCUT2D eigenvalue weighted by molar-refractivity contribution is 8.14. The molecular weight excluding hydrogens is 204 g/mol. The molecule has 0 saturated carbocycles. The second kappa shape index (κ2) is 4.18. The van der Waals surface area contributed by atoms with Gasteiger partial charge in [0.15, 0.2) is 5.12 Å². The highest BCUT2D eigenvalue weighted by atomic mass is 32.2. The van der Waals surface area contributed by atoms with Crippen molar-refractivity contribution in [1.82, 2.24) is 0 Å². The Balaban J connectivity index is 1.97. The molecule has 2 heterocycles. The first-order valence-corrected chi connectivity index (χ1v) is 5.53. The zero-order chi connectivity index (χ0) is 10.1. The Labute approximate surface area is 87.3 Å². The highest BCUT2D eigenvalue weighted by Gasteiger charge is 2.48. The topological polar surface area (TPSA) is 44.8 Å². The molecule has 4 nitrogen and oxygen atoms in total. The number of ether oxygens (including phenoxy) is 3. The number of carbonyl (C=O) groups is 1. The van der Waals surface area contributed by atoms with Gasteiger partial charge in [-0.05, 0) is 0 Å². The van der Waals surface area contributed by atoms with Crippen molar-refractivity contribution in [1.29, 1.82) is 0 Å². The van der Waals surface area contributed by atoms with Crippen molar-refractivity contribution in [2.75, 3.05) is 20.3 Å². The monoisotopic (exact) mass is 218 g/mol. The van der Waals surface area contributed by atoms with Crippen LogP contribution in [0.5, 0.6) is 0 Å². The van der Waals surface area contributed by atoms with Crippen LogP contribution in [0, 0.1) is 0 Å². The van der Waals surface area contributed by atoms with E-state index in [4.69, 9.17) is 14.2 Å². The molecule has 0 aromatic rings. The van der Waals surface area contributed by atoms with E-state index in [1.165, 1.54) is 11.8 Å². The van der Waals surface area contributed by atoms with Crippen LogP contribution in [-0.4, -0.2) is 49.0 Å². The molecule has 2 rings (SSSR count). The molecule has 2 aliphatic rings. The van der Waals surface area contributed by atoms with E-state index in [0.29, 0.717) is 13.2 Å². The van der Waals surface area contributed by atoms with Gasteiger partial charge in [-0.1, -0.05) is 11.8 Å². The Morgan fingerprint density at radius 1 is 1.36 bits per heavy atom. The molecule has 0 bridgehead atoms. The summed E-state index contributed by atoms with van der Waals surface area (Å²) in [6, 6.07) is 0. The lowest BCUT2D eigenvalue weighted by Crippen LogP contribution is -2.31. The number of rotatable bonds is 2. The molecule has 14 heavy (non-hydrogen) atoms. The van der Waals surface area contributed by atoms with E-state index >= 15 is 0 Å². The van der Waals surface area contributed by atoms with Crippen LogP contribution in [0.1, 0.15) is 6.92 Å². The third-order valence-corrected chi connectivity index (χ3v) is 3.62. The summed E-state index contributed by atoms with van der Waals surface area (Å²) in [6.45, 7) is 2.72. The minimum atomic E-state index is 0.0110. The predicted molar refractivity (Wildman–Crippen MR) is 52.3 cm³/mol. The van der Waals surface area contributed by atoms with Crippen LogP contribution in [0.25, 0.3) is 0 Å². The molecule has 0 aromatic carbocycles. The summed E-state index contributed by atoms with van der Waals surface area (Å²) < 4.78 is 16.4. The van der Waals surface area contributed by atoms with E-state index in [9.17, 15) is 4.79 Å². The van der Waals surface area contributed by atoms with Crippen LogP contribution in [0.15, 0.2) is 0 Å². The molecular formula is C9H14O4S. The van der Waals surface area contributed by atoms with Crippen LogP contribution in [-0.2, 0) is 19.0 Å². The lowest BCUT2D eigenvalue weighted by Gasteiger charge is -2.14. The Hall–Kier alpha value is -0.100. The number of hydrogen-bond acceptors (Lipinski definition) is 5. The first kappa shape index (κ1) is 10.4. The number of carbonyl (C=O) groups excluding carboxylic acids is 1. The molecule has 0 radical (unpaired) electrons. The van der Waals surface area contributed by atoms with Crippen molar-refractivity contribution in [2.24, 2.45) is 0 Å². The maximum atomic E-state index is 11.0. The average molecular weight is 218 g/mol. The van der Waals surface area contributed by atoms with E-state index in [2.05, 4.69) is 0 Å². The summed E-state index contributed by atoms with van der Waals surface area (Å²) >= 11 is 1.31. The minimum absolute atomic E-state index is 0.0110. The molecule has 2 unspecified atom stereocenters. The maximum absolute atomic E-state index is 11.0. The maximum Gasteiger partial charge on any atom is 0.186 e. The van der Waals surface area contributed by atoms with Crippen molar-refractivity contribution in [3.05, 3.63) is 0 Å². The summed E-state index contributed by atoms with van der Waals surface area (Å²) in [4.78, 5) is 11.0. The zero-order valence-corrected chi connectivity index (χ0v) is 9.08. The molecule has 0 spiro atoms.